The minimum absolute atomic E-state index is 0.115. The molecule has 3 rings (SSSR count). The van der Waals surface area contributed by atoms with Crippen molar-refractivity contribution in [2.45, 2.75) is 43.0 Å². The zero-order valence-electron chi connectivity index (χ0n) is 13.9. The smallest absolute Gasteiger partial charge is 0.243 e. The molecule has 1 aliphatic carbocycles. The molecule has 0 saturated heterocycles. The first-order valence-corrected chi connectivity index (χ1v) is 9.82. The quantitative estimate of drug-likeness (QED) is 0.805. The van der Waals surface area contributed by atoms with Gasteiger partial charge in [0.05, 0.1) is 4.90 Å². The van der Waals surface area contributed by atoms with Gasteiger partial charge in [-0.2, -0.15) is 4.31 Å². The Morgan fingerprint density at radius 3 is 2.08 bits per heavy atom. The molecule has 0 aliphatic heterocycles. The van der Waals surface area contributed by atoms with Crippen LogP contribution in [0.2, 0.25) is 0 Å². The van der Waals surface area contributed by atoms with Gasteiger partial charge in [-0.3, -0.25) is 0 Å². The lowest BCUT2D eigenvalue weighted by atomic mass is 9.96. The highest BCUT2D eigenvalue weighted by Gasteiger charge is 2.28. The molecule has 0 N–H and O–H groups in total. The van der Waals surface area contributed by atoms with Crippen LogP contribution in [0.25, 0.3) is 0 Å². The van der Waals surface area contributed by atoms with E-state index in [9.17, 15) is 8.42 Å². The Morgan fingerprint density at radius 1 is 0.875 bits per heavy atom. The van der Waals surface area contributed by atoms with E-state index in [1.807, 2.05) is 30.3 Å². The highest BCUT2D eigenvalue weighted by Crippen LogP contribution is 2.28. The maximum absolute atomic E-state index is 12.8. The number of rotatable bonds is 5. The Bertz CT molecular complexity index is 751. The molecule has 0 bridgehead atoms. The van der Waals surface area contributed by atoms with Crippen LogP contribution in [0.4, 0.5) is 0 Å². The van der Waals surface area contributed by atoms with E-state index in [2.05, 4.69) is 0 Å². The molecule has 24 heavy (non-hydrogen) atoms. The number of sulfonamides is 1. The van der Waals surface area contributed by atoms with E-state index in [0.29, 0.717) is 10.6 Å². The zero-order chi connectivity index (χ0) is 17.0. The average molecular weight is 345 g/mol. The van der Waals surface area contributed by atoms with Crippen molar-refractivity contribution in [2.75, 3.05) is 7.05 Å². The number of nitrogens with zero attached hydrogens (tertiary/aromatic N) is 1. The van der Waals surface area contributed by atoms with E-state index in [0.717, 1.165) is 31.4 Å². The van der Waals surface area contributed by atoms with Gasteiger partial charge in [0.15, 0.2) is 0 Å². The van der Waals surface area contributed by atoms with Crippen molar-refractivity contribution >= 4 is 10.0 Å². The second-order valence-corrected chi connectivity index (χ2v) is 8.20. The van der Waals surface area contributed by atoms with Gasteiger partial charge in [-0.1, -0.05) is 37.5 Å². The highest BCUT2D eigenvalue weighted by molar-refractivity contribution is 7.89. The van der Waals surface area contributed by atoms with Gasteiger partial charge in [-0.05, 0) is 49.2 Å². The highest BCUT2D eigenvalue weighted by atomic mass is 32.2. The number of ether oxygens (including phenoxy) is 1. The maximum atomic E-state index is 12.8. The first-order chi connectivity index (χ1) is 11.6. The summed E-state index contributed by atoms with van der Waals surface area (Å²) in [5, 5.41) is 0. The number of hydrogen-bond acceptors (Lipinski definition) is 3. The second kappa shape index (κ2) is 7.36. The number of para-hydroxylation sites is 1. The molecule has 1 fully saturated rings. The summed E-state index contributed by atoms with van der Waals surface area (Å²) in [6, 6.07) is 16.2. The number of benzene rings is 2. The third kappa shape index (κ3) is 3.79. The van der Waals surface area contributed by atoms with E-state index >= 15 is 0 Å². The van der Waals surface area contributed by atoms with Crippen LogP contribution < -0.4 is 4.74 Å². The molecule has 128 valence electrons. The first kappa shape index (κ1) is 17.0. The van der Waals surface area contributed by atoms with Crippen molar-refractivity contribution in [1.29, 1.82) is 0 Å². The monoisotopic (exact) mass is 345 g/mol. The van der Waals surface area contributed by atoms with E-state index in [4.69, 9.17) is 4.74 Å². The van der Waals surface area contributed by atoms with Crippen molar-refractivity contribution in [2.24, 2.45) is 0 Å². The molecule has 4 nitrogen and oxygen atoms in total. The lowest BCUT2D eigenvalue weighted by Gasteiger charge is -2.30. The third-order valence-electron chi connectivity index (χ3n) is 4.57. The lowest BCUT2D eigenvalue weighted by molar-refractivity contribution is 0.286. The molecule has 0 spiro atoms. The minimum atomic E-state index is -3.45. The Morgan fingerprint density at radius 2 is 1.46 bits per heavy atom. The third-order valence-corrected chi connectivity index (χ3v) is 6.49. The fraction of sp³-hybridized carbons (Fsp3) is 0.368. The average Bonchev–Trinajstić information content (AvgIpc) is 2.63. The summed E-state index contributed by atoms with van der Waals surface area (Å²) < 4.78 is 32.8. The summed E-state index contributed by atoms with van der Waals surface area (Å²) in [5.41, 5.74) is 0. The Balaban J connectivity index is 1.74. The SMILES string of the molecule is CN(C1CCCCC1)S(=O)(=O)c1ccc(Oc2ccccc2)cc1. The van der Waals surface area contributed by atoms with Crippen molar-refractivity contribution in [3.05, 3.63) is 54.6 Å². The number of hydrogen-bond donors (Lipinski definition) is 0. The predicted octanol–water partition coefficient (Wildman–Crippen LogP) is 4.43. The van der Waals surface area contributed by atoms with Crippen LogP contribution in [0.3, 0.4) is 0 Å². The summed E-state index contributed by atoms with van der Waals surface area (Å²) in [5.74, 6) is 1.35. The van der Waals surface area contributed by atoms with Gasteiger partial charge in [0.2, 0.25) is 10.0 Å². The maximum Gasteiger partial charge on any atom is 0.243 e. The first-order valence-electron chi connectivity index (χ1n) is 8.38. The largest absolute Gasteiger partial charge is 0.457 e. The Labute approximate surface area is 144 Å². The molecular weight excluding hydrogens is 322 g/mol. The van der Waals surface area contributed by atoms with E-state index < -0.39 is 10.0 Å². The van der Waals surface area contributed by atoms with Gasteiger partial charge >= 0.3 is 0 Å². The summed E-state index contributed by atoms with van der Waals surface area (Å²) in [4.78, 5) is 0.316. The van der Waals surface area contributed by atoms with Gasteiger partial charge in [0.1, 0.15) is 11.5 Å². The zero-order valence-corrected chi connectivity index (χ0v) is 14.7. The molecule has 1 aliphatic rings. The minimum Gasteiger partial charge on any atom is -0.457 e. The molecule has 0 radical (unpaired) electrons. The standard InChI is InChI=1S/C19H23NO3S/c1-20(16-8-4-2-5-9-16)24(21,22)19-14-12-18(13-15-19)23-17-10-6-3-7-11-17/h3,6-7,10-16H,2,4-5,8-9H2,1H3. The van der Waals surface area contributed by atoms with Crippen molar-refractivity contribution in [1.82, 2.24) is 4.31 Å². The van der Waals surface area contributed by atoms with E-state index in [1.54, 1.807) is 35.6 Å². The molecule has 2 aromatic rings. The molecular formula is C19H23NO3S. The van der Waals surface area contributed by atoms with Crippen molar-refractivity contribution in [3.63, 3.8) is 0 Å². The van der Waals surface area contributed by atoms with Crippen LogP contribution >= 0.6 is 0 Å². The van der Waals surface area contributed by atoms with Crippen LogP contribution in [0.5, 0.6) is 11.5 Å². The Hall–Kier alpha value is -1.85. The molecule has 0 unspecified atom stereocenters. The second-order valence-electron chi connectivity index (χ2n) is 6.20. The van der Waals surface area contributed by atoms with Gasteiger partial charge in [-0.25, -0.2) is 8.42 Å². The molecule has 0 aromatic heterocycles. The molecule has 1 saturated carbocycles. The van der Waals surface area contributed by atoms with E-state index in [-0.39, 0.29) is 6.04 Å². The normalized spacial score (nSPS) is 16.2. The van der Waals surface area contributed by atoms with Crippen molar-refractivity contribution < 1.29 is 13.2 Å². The molecule has 0 heterocycles. The van der Waals surface area contributed by atoms with Crippen LogP contribution in [-0.4, -0.2) is 25.8 Å². The fourth-order valence-corrected chi connectivity index (χ4v) is 4.53. The summed E-state index contributed by atoms with van der Waals surface area (Å²) in [6.45, 7) is 0. The predicted molar refractivity (Wildman–Crippen MR) is 94.8 cm³/mol. The van der Waals surface area contributed by atoms with Gasteiger partial charge in [-0.15, -0.1) is 0 Å². The molecule has 0 atom stereocenters. The fourth-order valence-electron chi connectivity index (χ4n) is 3.11. The van der Waals surface area contributed by atoms with Crippen LogP contribution in [0, 0.1) is 0 Å². The summed E-state index contributed by atoms with van der Waals surface area (Å²) in [7, 11) is -1.76. The van der Waals surface area contributed by atoms with Gasteiger partial charge < -0.3 is 4.74 Å². The topological polar surface area (TPSA) is 46.6 Å². The van der Waals surface area contributed by atoms with Crippen LogP contribution in [0.1, 0.15) is 32.1 Å². The summed E-state index contributed by atoms with van der Waals surface area (Å²) in [6.07, 6.45) is 5.31. The molecule has 5 heteroatoms. The molecule has 2 aromatic carbocycles. The lowest BCUT2D eigenvalue weighted by Crippen LogP contribution is -2.38. The van der Waals surface area contributed by atoms with E-state index in [1.165, 1.54) is 6.42 Å². The molecule has 0 amide bonds. The van der Waals surface area contributed by atoms with Crippen molar-refractivity contribution in [3.8, 4) is 11.5 Å². The summed E-state index contributed by atoms with van der Waals surface area (Å²) >= 11 is 0. The van der Waals surface area contributed by atoms with Crippen LogP contribution in [0.15, 0.2) is 59.5 Å². The van der Waals surface area contributed by atoms with Gasteiger partial charge in [0.25, 0.3) is 0 Å². The van der Waals surface area contributed by atoms with Gasteiger partial charge in [0, 0.05) is 13.1 Å². The van der Waals surface area contributed by atoms with Crippen LogP contribution in [-0.2, 0) is 10.0 Å². The Kier molecular flexibility index (Phi) is 5.21.